The molecule has 5 atom stereocenters. The van der Waals surface area contributed by atoms with Crippen LogP contribution in [0.5, 0.6) is 5.75 Å². The molecular weight excluding hydrogens is 433 g/mol. The Morgan fingerprint density at radius 3 is 2.34 bits per heavy atom. The van der Waals surface area contributed by atoms with E-state index in [-0.39, 0.29) is 25.4 Å². The lowest BCUT2D eigenvalue weighted by molar-refractivity contribution is -0.366. The van der Waals surface area contributed by atoms with Crippen LogP contribution < -0.4 is 4.74 Å². The summed E-state index contributed by atoms with van der Waals surface area (Å²) < 4.78 is 52.6. The summed E-state index contributed by atoms with van der Waals surface area (Å²) in [5.41, 5.74) is 2.72. The molecule has 174 valence electrons. The number of benzene rings is 2. The molecule has 0 amide bonds. The van der Waals surface area contributed by atoms with Crippen LogP contribution >= 0.6 is 0 Å². The molecule has 2 heterocycles. The van der Waals surface area contributed by atoms with Gasteiger partial charge in [0.25, 0.3) is 0 Å². The summed E-state index contributed by atoms with van der Waals surface area (Å²) in [7, 11) is 0. The fraction of sp³-hybridized carbons (Fsp3) is 0.455. The lowest BCUT2D eigenvalue weighted by atomic mass is 9.85. The summed E-state index contributed by atoms with van der Waals surface area (Å²) >= 11 is 0. The average molecular weight is 456 g/mol. The van der Waals surface area contributed by atoms with Gasteiger partial charge in [-0.1, -0.05) is 24.3 Å². The van der Waals surface area contributed by atoms with Gasteiger partial charge in [0.15, 0.2) is 0 Å². The van der Waals surface area contributed by atoms with E-state index in [1.807, 2.05) is 6.07 Å². The first kappa shape index (κ1) is 23.0. The van der Waals surface area contributed by atoms with Crippen molar-refractivity contribution in [3.63, 3.8) is 0 Å². The van der Waals surface area contributed by atoms with E-state index in [0.717, 1.165) is 16.7 Å². The minimum absolute atomic E-state index is 0.0391. The third-order valence-corrected chi connectivity index (χ3v) is 5.74. The van der Waals surface area contributed by atoms with Gasteiger partial charge in [0.1, 0.15) is 24.1 Å². The fourth-order valence-corrected chi connectivity index (χ4v) is 4.19. The third kappa shape index (κ3) is 4.34. The molecule has 1 unspecified atom stereocenters. The van der Waals surface area contributed by atoms with Gasteiger partial charge < -0.3 is 34.6 Å². The van der Waals surface area contributed by atoms with E-state index in [2.05, 4.69) is 4.74 Å². The average Bonchev–Trinajstić information content (AvgIpc) is 3.10. The second-order valence-electron chi connectivity index (χ2n) is 7.91. The van der Waals surface area contributed by atoms with Gasteiger partial charge in [0.2, 0.25) is 5.79 Å². The topological polar surface area (TPSA) is 109 Å². The highest BCUT2D eigenvalue weighted by Crippen LogP contribution is 2.46. The molecule has 10 heteroatoms. The second kappa shape index (κ2) is 8.62. The van der Waals surface area contributed by atoms with Crippen molar-refractivity contribution >= 4 is 0 Å². The van der Waals surface area contributed by atoms with Gasteiger partial charge in [0.05, 0.1) is 12.7 Å². The molecule has 2 aliphatic rings. The number of aliphatic hydroxyl groups is 4. The van der Waals surface area contributed by atoms with Crippen molar-refractivity contribution in [2.75, 3.05) is 6.61 Å². The SMILES string of the molecule is OCCC1O[C@]2(OCc3ccc(Cc4ccc(OC(F)(F)F)cc4)cc32)[C@H](O)[C@@H](O)[C@@H]1O. The molecule has 4 rings (SSSR count). The monoisotopic (exact) mass is 456 g/mol. The molecule has 1 spiro atoms. The van der Waals surface area contributed by atoms with Gasteiger partial charge >= 0.3 is 6.36 Å². The molecule has 2 aromatic rings. The van der Waals surface area contributed by atoms with E-state index >= 15 is 0 Å². The van der Waals surface area contributed by atoms with E-state index in [9.17, 15) is 33.6 Å². The highest BCUT2D eigenvalue weighted by Gasteiger charge is 2.58. The summed E-state index contributed by atoms with van der Waals surface area (Å²) in [5.74, 6) is -2.02. The minimum Gasteiger partial charge on any atom is -0.406 e. The van der Waals surface area contributed by atoms with Crippen LogP contribution in [0, 0.1) is 0 Å². The summed E-state index contributed by atoms with van der Waals surface area (Å²) in [6.45, 7) is -0.174. The predicted molar refractivity (Wildman–Crippen MR) is 103 cm³/mol. The molecule has 1 fully saturated rings. The summed E-state index contributed by atoms with van der Waals surface area (Å²) in [5, 5.41) is 40.5. The zero-order valence-electron chi connectivity index (χ0n) is 16.8. The Morgan fingerprint density at radius 2 is 1.69 bits per heavy atom. The van der Waals surface area contributed by atoms with Crippen LogP contribution in [0.2, 0.25) is 0 Å². The number of hydrogen-bond donors (Lipinski definition) is 4. The summed E-state index contributed by atoms with van der Waals surface area (Å²) in [6, 6.07) is 10.8. The maximum atomic E-state index is 12.3. The number of alkyl halides is 3. The number of fused-ring (bicyclic) bond motifs is 2. The maximum absolute atomic E-state index is 12.3. The Bertz CT molecular complexity index is 950. The molecule has 7 nitrogen and oxygen atoms in total. The Labute approximate surface area is 181 Å². The quantitative estimate of drug-likeness (QED) is 0.543. The first-order valence-electron chi connectivity index (χ1n) is 10.1. The van der Waals surface area contributed by atoms with Gasteiger partial charge in [-0.3, -0.25) is 0 Å². The van der Waals surface area contributed by atoms with E-state index in [1.54, 1.807) is 12.1 Å². The van der Waals surface area contributed by atoms with Crippen LogP contribution in [0.4, 0.5) is 13.2 Å². The molecule has 4 N–H and O–H groups in total. The van der Waals surface area contributed by atoms with E-state index in [4.69, 9.17) is 9.47 Å². The fourth-order valence-electron chi connectivity index (χ4n) is 4.19. The van der Waals surface area contributed by atoms with Gasteiger partial charge in [0, 0.05) is 12.2 Å². The molecule has 2 aromatic carbocycles. The highest BCUT2D eigenvalue weighted by molar-refractivity contribution is 5.41. The molecule has 0 aromatic heterocycles. The van der Waals surface area contributed by atoms with Gasteiger partial charge in [-0.05, 0) is 47.7 Å². The van der Waals surface area contributed by atoms with Crippen LogP contribution in [0.15, 0.2) is 42.5 Å². The van der Waals surface area contributed by atoms with E-state index in [0.29, 0.717) is 12.0 Å². The maximum Gasteiger partial charge on any atom is 0.573 e. The first-order chi connectivity index (χ1) is 15.1. The van der Waals surface area contributed by atoms with Crippen molar-refractivity contribution in [3.8, 4) is 5.75 Å². The van der Waals surface area contributed by atoms with Crippen molar-refractivity contribution in [1.29, 1.82) is 0 Å². The van der Waals surface area contributed by atoms with E-state index in [1.165, 1.54) is 24.3 Å². The highest BCUT2D eigenvalue weighted by atomic mass is 19.4. The van der Waals surface area contributed by atoms with Crippen molar-refractivity contribution in [2.24, 2.45) is 0 Å². The zero-order valence-corrected chi connectivity index (χ0v) is 16.8. The second-order valence-corrected chi connectivity index (χ2v) is 7.91. The van der Waals surface area contributed by atoms with Crippen LogP contribution in [0.25, 0.3) is 0 Å². The minimum atomic E-state index is -4.76. The number of halogens is 3. The van der Waals surface area contributed by atoms with Gasteiger partial charge in [-0.15, -0.1) is 13.2 Å². The smallest absolute Gasteiger partial charge is 0.406 e. The van der Waals surface area contributed by atoms with Crippen LogP contribution in [-0.2, 0) is 28.3 Å². The van der Waals surface area contributed by atoms with E-state index < -0.39 is 36.6 Å². The summed E-state index contributed by atoms with van der Waals surface area (Å²) in [4.78, 5) is 0. The molecule has 0 aliphatic carbocycles. The molecule has 0 radical (unpaired) electrons. The van der Waals surface area contributed by atoms with Crippen molar-refractivity contribution in [1.82, 2.24) is 0 Å². The molecule has 0 saturated carbocycles. The lowest BCUT2D eigenvalue weighted by Crippen LogP contribution is -2.62. The Balaban J connectivity index is 1.59. The normalized spacial score (nSPS) is 29.8. The zero-order chi connectivity index (χ0) is 23.1. The number of aliphatic hydroxyl groups excluding tert-OH is 4. The third-order valence-electron chi connectivity index (χ3n) is 5.74. The van der Waals surface area contributed by atoms with Crippen LogP contribution in [0.3, 0.4) is 0 Å². The molecule has 32 heavy (non-hydrogen) atoms. The van der Waals surface area contributed by atoms with Gasteiger partial charge in [-0.2, -0.15) is 0 Å². The van der Waals surface area contributed by atoms with Crippen molar-refractivity contribution in [2.45, 2.75) is 56.0 Å². The molecule has 2 aliphatic heterocycles. The number of rotatable bonds is 5. The molecular formula is C22H23F3O7. The standard InChI is InChI=1S/C22H23F3O7/c23-22(24,25)31-15-5-2-12(3-6-15)9-13-1-4-14-11-30-21(16(14)10-13)20(29)19(28)18(27)17(32-21)7-8-26/h1-6,10,17-20,26-29H,7-9,11H2/t17?,18-,19+,20-,21+/m1/s1. The predicted octanol–water partition coefficient (Wildman–Crippen LogP) is 1.72. The number of hydrogen-bond acceptors (Lipinski definition) is 7. The first-order valence-corrected chi connectivity index (χ1v) is 10.1. The van der Waals surface area contributed by atoms with Crippen molar-refractivity contribution < 1.29 is 47.8 Å². The largest absolute Gasteiger partial charge is 0.573 e. The Kier molecular flexibility index (Phi) is 6.19. The van der Waals surface area contributed by atoms with Crippen LogP contribution in [0.1, 0.15) is 28.7 Å². The summed E-state index contributed by atoms with van der Waals surface area (Å²) in [6.07, 6.45) is -9.80. The Morgan fingerprint density at radius 1 is 1.00 bits per heavy atom. The molecule has 0 bridgehead atoms. The molecule has 1 saturated heterocycles. The van der Waals surface area contributed by atoms with Crippen LogP contribution in [-0.4, -0.2) is 57.8 Å². The van der Waals surface area contributed by atoms with Crippen molar-refractivity contribution in [3.05, 3.63) is 64.7 Å². The number of ether oxygens (including phenoxy) is 3. The van der Waals surface area contributed by atoms with Gasteiger partial charge in [-0.25, -0.2) is 0 Å². The lowest BCUT2D eigenvalue weighted by Gasteiger charge is -2.46. The Hall–Kier alpha value is -2.21.